The zero-order valence-electron chi connectivity index (χ0n) is 7.62. The Kier molecular flexibility index (Phi) is 8.18. The highest BCUT2D eigenvalue weighted by Crippen LogP contribution is 1.80. The maximum Gasteiger partial charge on any atom is 0.255 e. The summed E-state index contributed by atoms with van der Waals surface area (Å²) < 4.78 is 0. The first kappa shape index (κ1) is 12.6. The van der Waals surface area contributed by atoms with E-state index in [1.807, 2.05) is 0 Å². The lowest BCUT2D eigenvalue weighted by Gasteiger charge is -1.79. The first-order chi connectivity index (χ1) is 7.43. The van der Waals surface area contributed by atoms with E-state index in [4.69, 9.17) is 4.79 Å². The van der Waals surface area contributed by atoms with Crippen LogP contribution in [0, 0.1) is 6.20 Å². The Morgan fingerprint density at radius 3 is 2.47 bits per heavy atom. The van der Waals surface area contributed by atoms with Crippen LogP contribution in [0.3, 0.4) is 0 Å². The molecular weight excluding hydrogens is 196 g/mol. The van der Waals surface area contributed by atoms with Crippen LogP contribution in [0.5, 0.6) is 0 Å². The number of nitrogens with zero attached hydrogens (tertiary/aromatic N) is 3. The van der Waals surface area contributed by atoms with Gasteiger partial charge in [-0.2, -0.15) is 5.10 Å². The van der Waals surface area contributed by atoms with E-state index in [-0.39, 0.29) is 5.69 Å². The Labute approximate surface area is 86.4 Å². The summed E-state index contributed by atoms with van der Waals surface area (Å²) >= 11 is 0. The molecule has 0 saturated carbocycles. The van der Waals surface area contributed by atoms with Crippen molar-refractivity contribution in [2.24, 2.45) is 0 Å². The molecule has 2 aromatic rings. The second kappa shape index (κ2) is 9.72. The number of aromatic nitrogens is 4. The normalized spacial score (nSPS) is 7.47. The molecule has 2 aromatic heterocycles. The predicted octanol–water partition coefficient (Wildman–Crippen LogP) is -0.130. The molecule has 6 heteroatoms. The highest BCUT2D eigenvalue weighted by Gasteiger charge is 1.85. The summed E-state index contributed by atoms with van der Waals surface area (Å²) in [6.45, 7) is 3.25. The molecule has 0 unspecified atom stereocenters. The molecular formula is C9H7N4O2. The molecule has 0 spiro atoms. The fourth-order valence-corrected chi connectivity index (χ4v) is 0.538. The predicted molar refractivity (Wildman–Crippen MR) is 51.0 cm³/mol. The fourth-order valence-electron chi connectivity index (χ4n) is 0.538. The molecule has 0 aromatic carbocycles. The Morgan fingerprint density at radius 1 is 1.40 bits per heavy atom. The number of aromatic amines is 1. The SMILES string of the molecule is O=[C]c1cnccn1.[CH]=O.[c]1cc[nH]n1. The molecule has 0 aliphatic rings. The third kappa shape index (κ3) is 6.76. The van der Waals surface area contributed by atoms with Crippen molar-refractivity contribution in [1.29, 1.82) is 0 Å². The second-order valence-electron chi connectivity index (χ2n) is 1.90. The van der Waals surface area contributed by atoms with Crippen LogP contribution in [0.25, 0.3) is 0 Å². The molecule has 0 atom stereocenters. The van der Waals surface area contributed by atoms with Crippen LogP contribution in [0.1, 0.15) is 5.69 Å². The number of H-pyrrole nitrogens is 1. The van der Waals surface area contributed by atoms with E-state index in [9.17, 15) is 4.79 Å². The van der Waals surface area contributed by atoms with Crippen LogP contribution >= 0.6 is 0 Å². The van der Waals surface area contributed by atoms with Crippen molar-refractivity contribution in [2.75, 3.05) is 0 Å². The molecule has 1 N–H and O–H groups in total. The van der Waals surface area contributed by atoms with E-state index in [0.29, 0.717) is 0 Å². The lowest BCUT2D eigenvalue weighted by atomic mass is 10.5. The molecule has 2 heterocycles. The summed E-state index contributed by atoms with van der Waals surface area (Å²) in [7, 11) is 0. The minimum absolute atomic E-state index is 0.243. The number of nitrogens with one attached hydrogen (secondary N) is 1. The third-order valence-corrected chi connectivity index (χ3v) is 1.03. The fraction of sp³-hybridized carbons (Fsp3) is 0. The van der Waals surface area contributed by atoms with E-state index in [1.165, 1.54) is 18.6 Å². The number of rotatable bonds is 1. The van der Waals surface area contributed by atoms with Crippen LogP contribution < -0.4 is 0 Å². The molecule has 0 aliphatic heterocycles. The monoisotopic (exact) mass is 203 g/mol. The van der Waals surface area contributed by atoms with Gasteiger partial charge in [-0.1, -0.05) is 0 Å². The summed E-state index contributed by atoms with van der Waals surface area (Å²) in [4.78, 5) is 24.8. The van der Waals surface area contributed by atoms with E-state index in [0.717, 1.165) is 0 Å². The average molecular weight is 203 g/mol. The molecule has 6 nitrogen and oxygen atoms in total. The smallest absolute Gasteiger partial charge is 0.255 e. The molecule has 0 amide bonds. The highest BCUT2D eigenvalue weighted by molar-refractivity contribution is 5.71. The van der Waals surface area contributed by atoms with Crippen molar-refractivity contribution in [1.82, 2.24) is 20.2 Å². The van der Waals surface area contributed by atoms with Crippen molar-refractivity contribution < 1.29 is 9.59 Å². The van der Waals surface area contributed by atoms with Crippen LogP contribution in [0.2, 0.25) is 0 Å². The summed E-state index contributed by atoms with van der Waals surface area (Å²) in [6, 6.07) is 1.71. The van der Waals surface area contributed by atoms with E-state index in [1.54, 1.807) is 18.5 Å². The summed E-state index contributed by atoms with van der Waals surface area (Å²) in [5.74, 6) is 0. The van der Waals surface area contributed by atoms with E-state index < -0.39 is 0 Å². The summed E-state index contributed by atoms with van der Waals surface area (Å²) in [5.41, 5.74) is 0.243. The quantitative estimate of drug-likeness (QED) is 0.652. The molecule has 15 heavy (non-hydrogen) atoms. The topological polar surface area (TPSA) is 88.6 Å². The Hall–Kier alpha value is -2.37. The zero-order chi connectivity index (χ0) is 11.4. The van der Waals surface area contributed by atoms with Gasteiger partial charge in [0.25, 0.3) is 6.29 Å². The van der Waals surface area contributed by atoms with Crippen molar-refractivity contribution in [3.63, 3.8) is 0 Å². The highest BCUT2D eigenvalue weighted by atomic mass is 16.1. The number of hydrogen-bond acceptors (Lipinski definition) is 5. The van der Waals surface area contributed by atoms with Crippen molar-refractivity contribution in [3.8, 4) is 0 Å². The van der Waals surface area contributed by atoms with Gasteiger partial charge in [-0.05, 0) is 6.07 Å². The van der Waals surface area contributed by atoms with Gasteiger partial charge in [0.2, 0.25) is 0 Å². The minimum Gasteiger partial charge on any atom is -0.295 e. The van der Waals surface area contributed by atoms with Crippen LogP contribution in [0.15, 0.2) is 30.9 Å². The minimum atomic E-state index is 0.243. The molecule has 3 radical (unpaired) electrons. The molecule has 75 valence electrons. The van der Waals surface area contributed by atoms with Gasteiger partial charge in [0.15, 0.2) is 6.79 Å². The molecule has 0 saturated heterocycles. The first-order valence-electron chi connectivity index (χ1n) is 3.67. The summed E-state index contributed by atoms with van der Waals surface area (Å²) in [6.07, 6.45) is 10.2. The van der Waals surface area contributed by atoms with Gasteiger partial charge >= 0.3 is 0 Å². The zero-order valence-corrected chi connectivity index (χ0v) is 7.62. The van der Waals surface area contributed by atoms with Crippen LogP contribution in [-0.2, 0) is 9.59 Å². The molecule has 0 fully saturated rings. The number of carbonyl (C=O) groups excluding carboxylic acids is 2. The Bertz CT molecular complexity index is 319. The first-order valence-corrected chi connectivity index (χ1v) is 3.67. The number of hydrogen-bond donors (Lipinski definition) is 1. The van der Waals surface area contributed by atoms with Crippen LogP contribution in [-0.4, -0.2) is 33.2 Å². The maximum absolute atomic E-state index is 9.78. The van der Waals surface area contributed by atoms with Gasteiger partial charge < -0.3 is 0 Å². The second-order valence-corrected chi connectivity index (χ2v) is 1.90. The van der Waals surface area contributed by atoms with E-state index in [2.05, 4.69) is 33.2 Å². The van der Waals surface area contributed by atoms with Gasteiger partial charge in [-0.3, -0.25) is 19.7 Å². The largest absolute Gasteiger partial charge is 0.295 e. The summed E-state index contributed by atoms with van der Waals surface area (Å²) in [5, 5.41) is 6.03. The van der Waals surface area contributed by atoms with Gasteiger partial charge in [-0.25, -0.2) is 4.98 Å². The van der Waals surface area contributed by atoms with Gasteiger partial charge in [0, 0.05) is 18.6 Å². The molecule has 0 aliphatic carbocycles. The van der Waals surface area contributed by atoms with Crippen molar-refractivity contribution >= 4 is 13.1 Å². The van der Waals surface area contributed by atoms with Crippen molar-refractivity contribution in [3.05, 3.63) is 42.7 Å². The van der Waals surface area contributed by atoms with Gasteiger partial charge in [0.1, 0.15) is 11.9 Å². The standard InChI is InChI=1S/C5H3N2O.C3H3N2.CHO/c8-4-5-3-6-1-2-7-5;1-2-4-5-3-1;1-2/h1-3H;1-2H,(H,4,5);1H. The lowest BCUT2D eigenvalue weighted by molar-refractivity contribution is 0.561. The van der Waals surface area contributed by atoms with Gasteiger partial charge in [0.05, 0.1) is 6.20 Å². The molecule has 2 rings (SSSR count). The van der Waals surface area contributed by atoms with Crippen molar-refractivity contribution in [2.45, 2.75) is 0 Å². The van der Waals surface area contributed by atoms with Gasteiger partial charge in [-0.15, -0.1) is 0 Å². The Balaban J connectivity index is 0.000000241. The van der Waals surface area contributed by atoms with Crippen LogP contribution in [0.4, 0.5) is 0 Å². The average Bonchev–Trinajstić information content (AvgIpc) is 2.92. The Morgan fingerprint density at radius 2 is 2.20 bits per heavy atom. The third-order valence-electron chi connectivity index (χ3n) is 1.03. The maximum atomic E-state index is 9.78. The van der Waals surface area contributed by atoms with E-state index >= 15 is 0 Å². The molecule has 0 bridgehead atoms. The lowest BCUT2D eigenvalue weighted by Crippen LogP contribution is -1.84.